The highest BCUT2D eigenvalue weighted by molar-refractivity contribution is 5.84. The quantitative estimate of drug-likeness (QED) is 0.330. The van der Waals surface area contributed by atoms with Gasteiger partial charge in [0, 0.05) is 36.7 Å². The van der Waals surface area contributed by atoms with E-state index in [1.54, 1.807) is 6.07 Å². The Morgan fingerprint density at radius 3 is 2.15 bits per heavy atom. The van der Waals surface area contributed by atoms with Crippen molar-refractivity contribution in [3.8, 4) is 0 Å². The molecule has 3 fully saturated rings. The molecule has 4 heteroatoms. The zero-order valence-electron chi connectivity index (χ0n) is 22.4. The normalized spacial score (nSPS) is 21.1. The molecule has 3 nitrogen and oxygen atoms in total. The Kier molecular flexibility index (Phi) is 9.84. The van der Waals surface area contributed by atoms with E-state index in [0.717, 1.165) is 53.2 Å². The molecule has 0 spiro atoms. The second-order valence-electron chi connectivity index (χ2n) is 11.6. The van der Waals surface area contributed by atoms with E-state index in [2.05, 4.69) is 44.9 Å². The standard InChI is InChI=1S/C13H17FN2.C10H18O.C6H12/c1-4-8(2)16-11-6-5-10(14)13(9(11)3)12-7-15-12;1-4-9(11)7-10(2,3)8-5-6-8;1-6(2)4-3-5-6/h5-6,12,15H,4,7H2,1-3H3;8H,4-7H2,1-3H3;3-5H2,1-2H3. The zero-order chi connectivity index (χ0) is 24.8. The Morgan fingerprint density at radius 2 is 1.76 bits per heavy atom. The summed E-state index contributed by atoms with van der Waals surface area (Å²) >= 11 is 0. The molecule has 0 bridgehead atoms. The minimum atomic E-state index is -0.124. The highest BCUT2D eigenvalue weighted by Crippen LogP contribution is 2.47. The van der Waals surface area contributed by atoms with Crippen LogP contribution in [0, 0.1) is 29.5 Å². The lowest BCUT2D eigenvalue weighted by Crippen LogP contribution is -2.20. The van der Waals surface area contributed by atoms with Gasteiger partial charge in [-0.15, -0.1) is 0 Å². The largest absolute Gasteiger partial charge is 0.307 e. The van der Waals surface area contributed by atoms with Crippen LogP contribution in [0.25, 0.3) is 0 Å². The molecular formula is C29H47FN2O. The highest BCUT2D eigenvalue weighted by atomic mass is 19.1. The third-order valence-corrected chi connectivity index (χ3v) is 7.45. The van der Waals surface area contributed by atoms with Crippen molar-refractivity contribution in [2.45, 2.75) is 113 Å². The number of nitrogens with zero attached hydrogens (tertiary/aromatic N) is 1. The molecule has 1 aromatic carbocycles. The first-order valence-electron chi connectivity index (χ1n) is 13.0. The van der Waals surface area contributed by atoms with Crippen LogP contribution in [-0.2, 0) is 4.79 Å². The van der Waals surface area contributed by atoms with Gasteiger partial charge in [-0.25, -0.2) is 4.39 Å². The molecule has 1 aliphatic heterocycles. The number of aliphatic imine (C=N–C) groups is 1. The van der Waals surface area contributed by atoms with Crippen molar-refractivity contribution in [1.82, 2.24) is 5.32 Å². The number of hydrogen-bond donors (Lipinski definition) is 1. The number of carbonyl (C=O) groups is 1. The summed E-state index contributed by atoms with van der Waals surface area (Å²) in [6.07, 6.45) is 9.46. The van der Waals surface area contributed by atoms with Crippen molar-refractivity contribution in [2.75, 3.05) is 6.54 Å². The maximum atomic E-state index is 13.7. The summed E-state index contributed by atoms with van der Waals surface area (Å²) in [4.78, 5) is 15.7. The fraction of sp³-hybridized carbons (Fsp3) is 0.724. The van der Waals surface area contributed by atoms with Gasteiger partial charge in [0.2, 0.25) is 0 Å². The van der Waals surface area contributed by atoms with E-state index in [1.807, 2.05) is 20.8 Å². The minimum absolute atomic E-state index is 0.124. The predicted molar refractivity (Wildman–Crippen MR) is 139 cm³/mol. The van der Waals surface area contributed by atoms with Gasteiger partial charge in [0.05, 0.1) is 5.69 Å². The first kappa shape index (κ1) is 27.7. The van der Waals surface area contributed by atoms with Crippen molar-refractivity contribution in [2.24, 2.45) is 21.7 Å². The number of Topliss-reactive ketones (excluding diaryl/α,β-unsaturated/α-hetero) is 1. The number of benzene rings is 1. The molecule has 4 rings (SSSR count). The van der Waals surface area contributed by atoms with Crippen LogP contribution in [0.15, 0.2) is 17.1 Å². The van der Waals surface area contributed by atoms with Crippen LogP contribution >= 0.6 is 0 Å². The van der Waals surface area contributed by atoms with E-state index in [1.165, 1.54) is 38.2 Å². The van der Waals surface area contributed by atoms with Gasteiger partial charge < -0.3 is 5.32 Å². The van der Waals surface area contributed by atoms with E-state index in [0.29, 0.717) is 12.2 Å². The van der Waals surface area contributed by atoms with Crippen molar-refractivity contribution in [1.29, 1.82) is 0 Å². The lowest BCUT2D eigenvalue weighted by Gasteiger charge is -2.33. The van der Waals surface area contributed by atoms with Gasteiger partial charge in [-0.3, -0.25) is 9.79 Å². The molecule has 33 heavy (non-hydrogen) atoms. The molecule has 0 amide bonds. The number of rotatable bonds is 7. The van der Waals surface area contributed by atoms with Crippen molar-refractivity contribution < 1.29 is 9.18 Å². The van der Waals surface area contributed by atoms with Crippen LogP contribution in [0.4, 0.5) is 10.1 Å². The van der Waals surface area contributed by atoms with Crippen molar-refractivity contribution in [3.05, 3.63) is 29.1 Å². The van der Waals surface area contributed by atoms with Crippen LogP contribution in [0.1, 0.15) is 117 Å². The van der Waals surface area contributed by atoms with Crippen LogP contribution in [0.3, 0.4) is 0 Å². The van der Waals surface area contributed by atoms with E-state index in [9.17, 15) is 9.18 Å². The average Bonchev–Trinajstić information content (AvgIpc) is 3.62. The summed E-state index contributed by atoms with van der Waals surface area (Å²) in [6.45, 7) is 17.9. The average molecular weight is 459 g/mol. The Labute approximate surface area is 202 Å². The van der Waals surface area contributed by atoms with Crippen molar-refractivity contribution >= 4 is 17.2 Å². The summed E-state index contributed by atoms with van der Waals surface area (Å²) in [7, 11) is 0. The lowest BCUT2D eigenvalue weighted by molar-refractivity contribution is -0.120. The van der Waals surface area contributed by atoms with E-state index in [4.69, 9.17) is 0 Å². The van der Waals surface area contributed by atoms with E-state index in [-0.39, 0.29) is 17.3 Å². The molecule has 1 aromatic rings. The third kappa shape index (κ3) is 8.96. The summed E-state index contributed by atoms with van der Waals surface area (Å²) in [6, 6.07) is 3.47. The van der Waals surface area contributed by atoms with Crippen LogP contribution < -0.4 is 5.32 Å². The second-order valence-corrected chi connectivity index (χ2v) is 11.6. The summed E-state index contributed by atoms with van der Waals surface area (Å²) in [5.41, 5.74) is 4.72. The van der Waals surface area contributed by atoms with E-state index < -0.39 is 0 Å². The smallest absolute Gasteiger partial charge is 0.133 e. The second kappa shape index (κ2) is 11.7. The fourth-order valence-electron chi connectivity index (χ4n) is 4.31. The molecule has 3 aliphatic rings. The molecule has 1 unspecified atom stereocenters. The molecule has 2 aliphatic carbocycles. The van der Waals surface area contributed by atoms with Crippen molar-refractivity contribution in [3.63, 3.8) is 0 Å². The minimum Gasteiger partial charge on any atom is -0.307 e. The zero-order valence-corrected chi connectivity index (χ0v) is 22.4. The molecule has 1 atom stereocenters. The first-order chi connectivity index (χ1) is 15.4. The lowest BCUT2D eigenvalue weighted by atomic mass is 9.72. The molecule has 2 saturated carbocycles. The maximum Gasteiger partial charge on any atom is 0.133 e. The molecule has 1 saturated heterocycles. The first-order valence-corrected chi connectivity index (χ1v) is 13.0. The molecule has 0 aromatic heterocycles. The number of nitrogens with one attached hydrogen (secondary N) is 1. The Balaban J connectivity index is 0.000000195. The van der Waals surface area contributed by atoms with Gasteiger partial charge in [0.15, 0.2) is 0 Å². The molecule has 1 N–H and O–H groups in total. The van der Waals surface area contributed by atoms with Gasteiger partial charge in [-0.1, -0.05) is 48.0 Å². The maximum absolute atomic E-state index is 13.7. The fourth-order valence-corrected chi connectivity index (χ4v) is 4.31. The monoisotopic (exact) mass is 458 g/mol. The summed E-state index contributed by atoms with van der Waals surface area (Å²) < 4.78 is 13.7. The number of ketones is 1. The van der Waals surface area contributed by atoms with Gasteiger partial charge in [0.1, 0.15) is 11.6 Å². The highest BCUT2D eigenvalue weighted by Gasteiger charge is 2.38. The van der Waals surface area contributed by atoms with Crippen LogP contribution in [0.2, 0.25) is 0 Å². The topological polar surface area (TPSA) is 51.4 Å². The van der Waals surface area contributed by atoms with Gasteiger partial charge in [0.25, 0.3) is 0 Å². The summed E-state index contributed by atoms with van der Waals surface area (Å²) in [5.74, 6) is 1.13. The van der Waals surface area contributed by atoms with Crippen LogP contribution in [-0.4, -0.2) is 18.0 Å². The number of halogens is 1. The Bertz CT molecular complexity index is 826. The van der Waals surface area contributed by atoms with E-state index >= 15 is 0 Å². The van der Waals surface area contributed by atoms with Crippen LogP contribution in [0.5, 0.6) is 0 Å². The number of hydrogen-bond acceptors (Lipinski definition) is 3. The molecular weight excluding hydrogens is 411 g/mol. The summed E-state index contributed by atoms with van der Waals surface area (Å²) in [5, 5.41) is 3.14. The predicted octanol–water partition coefficient (Wildman–Crippen LogP) is 8.27. The molecule has 1 heterocycles. The molecule has 186 valence electrons. The number of carbonyl (C=O) groups excluding carboxylic acids is 1. The Hall–Kier alpha value is -1.55. The third-order valence-electron chi connectivity index (χ3n) is 7.45. The Morgan fingerprint density at radius 1 is 1.18 bits per heavy atom. The SMILES string of the molecule is CC1(C)CCC1.CCC(=O)CC(C)(C)C1CC1.CCC(C)=Nc1ccc(F)c(C2CN2)c1C. The van der Waals surface area contributed by atoms with Gasteiger partial charge in [-0.05, 0) is 80.4 Å². The molecule has 0 radical (unpaired) electrons. The van der Waals surface area contributed by atoms with Gasteiger partial charge in [-0.2, -0.15) is 0 Å². The van der Waals surface area contributed by atoms with Gasteiger partial charge >= 0.3 is 0 Å².